The van der Waals surface area contributed by atoms with Gasteiger partial charge in [0.1, 0.15) is 0 Å². The molecule has 272 valence electrons. The van der Waals surface area contributed by atoms with Gasteiger partial charge < -0.3 is 4.55 Å². The molecule has 0 aromatic heterocycles. The van der Waals surface area contributed by atoms with Crippen molar-refractivity contribution in [2.75, 3.05) is 6.61 Å². The molecule has 0 aliphatic carbocycles. The van der Waals surface area contributed by atoms with Gasteiger partial charge in [-0.3, -0.25) is 4.18 Å². The number of hydrogen-bond donors (Lipinski definition) is 0. The first-order valence-corrected chi connectivity index (χ1v) is 21.9. The van der Waals surface area contributed by atoms with Gasteiger partial charge in [-0.15, -0.1) is 0 Å². The van der Waals surface area contributed by atoms with E-state index in [1.807, 2.05) is 0 Å². The molecule has 0 aliphatic heterocycles. The van der Waals surface area contributed by atoms with Crippen molar-refractivity contribution in [3.05, 3.63) is 0 Å². The molecule has 0 rings (SSSR count). The predicted octanol–water partition coefficient (Wildman–Crippen LogP) is 11.2. The van der Waals surface area contributed by atoms with E-state index in [4.69, 9.17) is 0 Å². The van der Waals surface area contributed by atoms with Crippen LogP contribution >= 0.6 is 0 Å². The summed E-state index contributed by atoms with van der Waals surface area (Å²) in [5, 5.41) is 0. The molecule has 0 radical (unpaired) electrons. The van der Waals surface area contributed by atoms with Crippen LogP contribution in [-0.2, 0) is 14.6 Å². The summed E-state index contributed by atoms with van der Waals surface area (Å²) in [6, 6.07) is 0. The first-order chi connectivity index (χ1) is 22.0. The van der Waals surface area contributed by atoms with E-state index in [1.165, 1.54) is 205 Å². The number of rotatable bonds is 39. The minimum absolute atomic E-state index is 0. The normalized spacial score (nSPS) is 11.8. The Morgan fingerprint density at radius 1 is 0.391 bits per heavy atom. The third-order valence-corrected chi connectivity index (χ3v) is 10.3. The minimum Gasteiger partial charge on any atom is -0.726 e. The van der Waals surface area contributed by atoms with E-state index in [9.17, 15) is 13.0 Å². The van der Waals surface area contributed by atoms with Crippen LogP contribution in [0, 0.1) is 5.92 Å². The van der Waals surface area contributed by atoms with Crippen LogP contribution in [-0.4, -0.2) is 19.6 Å². The standard InChI is InChI=1S/C40H82O4S.Na/c1-3-5-7-9-11-13-15-17-19-21-23-25-27-29-31-33-35-37-40(39-44-45(41,42)43)38-36-34-32-30-28-26-24-22-20-18-16-14-12-10-8-6-4-2;/h40H,3-39H2,1-2H3,(H,41,42,43);/q;+1/p-1. The fourth-order valence-electron chi connectivity index (χ4n) is 6.81. The van der Waals surface area contributed by atoms with Crippen molar-refractivity contribution in [3.8, 4) is 0 Å². The Hall–Kier alpha value is 0.870. The number of hydrogen-bond acceptors (Lipinski definition) is 4. The first-order valence-electron chi connectivity index (χ1n) is 20.6. The second kappa shape index (κ2) is 40.3. The Morgan fingerprint density at radius 3 is 0.783 bits per heavy atom. The van der Waals surface area contributed by atoms with Crippen molar-refractivity contribution < 1.29 is 46.7 Å². The maximum absolute atomic E-state index is 11.0. The van der Waals surface area contributed by atoms with Crippen LogP contribution in [0.15, 0.2) is 0 Å². The number of unbranched alkanes of at least 4 members (excludes halogenated alkanes) is 32. The van der Waals surface area contributed by atoms with Crippen LogP contribution in [0.1, 0.15) is 245 Å². The summed E-state index contributed by atoms with van der Waals surface area (Å²) in [6.07, 6.45) is 48.3. The molecular weight excluding hydrogens is 599 g/mol. The van der Waals surface area contributed by atoms with Crippen LogP contribution < -0.4 is 29.6 Å². The fraction of sp³-hybridized carbons (Fsp3) is 1.00. The molecule has 46 heavy (non-hydrogen) atoms. The van der Waals surface area contributed by atoms with Gasteiger partial charge in [0, 0.05) is 0 Å². The fourth-order valence-corrected chi connectivity index (χ4v) is 7.17. The van der Waals surface area contributed by atoms with Gasteiger partial charge >= 0.3 is 29.6 Å². The van der Waals surface area contributed by atoms with E-state index in [1.54, 1.807) is 0 Å². The SMILES string of the molecule is CCCCCCCCCCCCCCCCCCCC(CCCCCCCCCCCCCCCCCCC)COS(=O)(=O)[O-].[Na+]. The molecule has 0 unspecified atom stereocenters. The quantitative estimate of drug-likeness (QED) is 0.0280. The summed E-state index contributed by atoms with van der Waals surface area (Å²) in [7, 11) is -4.59. The maximum atomic E-state index is 11.0. The van der Waals surface area contributed by atoms with Gasteiger partial charge in [-0.05, 0) is 18.8 Å². The van der Waals surface area contributed by atoms with E-state index in [0.29, 0.717) is 0 Å². The Labute approximate surface area is 312 Å². The van der Waals surface area contributed by atoms with Gasteiger partial charge in [-0.25, -0.2) is 8.42 Å². The smallest absolute Gasteiger partial charge is 0.726 e. The summed E-state index contributed by atoms with van der Waals surface area (Å²) >= 11 is 0. The van der Waals surface area contributed by atoms with Crippen LogP contribution in [0.4, 0.5) is 0 Å². The Balaban J connectivity index is 0. The van der Waals surface area contributed by atoms with Gasteiger partial charge in [-0.1, -0.05) is 232 Å². The molecule has 0 aliphatic rings. The zero-order chi connectivity index (χ0) is 32.9. The van der Waals surface area contributed by atoms with E-state index >= 15 is 0 Å². The maximum Gasteiger partial charge on any atom is 1.00 e. The van der Waals surface area contributed by atoms with Gasteiger partial charge in [0.25, 0.3) is 0 Å². The van der Waals surface area contributed by atoms with Crippen molar-refractivity contribution in [1.29, 1.82) is 0 Å². The van der Waals surface area contributed by atoms with Gasteiger partial charge in [0.15, 0.2) is 0 Å². The molecule has 0 aromatic carbocycles. The molecule has 6 heteroatoms. The van der Waals surface area contributed by atoms with E-state index in [0.717, 1.165) is 25.7 Å². The zero-order valence-electron chi connectivity index (χ0n) is 31.8. The molecule has 0 saturated carbocycles. The third-order valence-electron chi connectivity index (χ3n) is 9.88. The summed E-state index contributed by atoms with van der Waals surface area (Å²) in [5.41, 5.74) is 0. The average molecular weight is 681 g/mol. The van der Waals surface area contributed by atoms with Crippen molar-refractivity contribution in [1.82, 2.24) is 0 Å². The summed E-state index contributed by atoms with van der Waals surface area (Å²) in [5.74, 6) is 0.196. The van der Waals surface area contributed by atoms with Crippen molar-refractivity contribution in [3.63, 3.8) is 0 Å². The monoisotopic (exact) mass is 681 g/mol. The van der Waals surface area contributed by atoms with Crippen LogP contribution in [0.3, 0.4) is 0 Å². The Morgan fingerprint density at radius 2 is 0.587 bits per heavy atom. The molecular formula is C40H81NaO4S. The summed E-state index contributed by atoms with van der Waals surface area (Å²) in [6.45, 7) is 4.64. The van der Waals surface area contributed by atoms with Crippen molar-refractivity contribution in [2.45, 2.75) is 245 Å². The van der Waals surface area contributed by atoms with Crippen LogP contribution in [0.25, 0.3) is 0 Å². The third kappa shape index (κ3) is 42.9. The average Bonchev–Trinajstić information content (AvgIpc) is 3.02. The Bertz CT molecular complexity index is 620. The molecule has 0 aromatic rings. The first kappa shape index (κ1) is 49.0. The molecule has 0 spiro atoms. The summed E-state index contributed by atoms with van der Waals surface area (Å²) in [4.78, 5) is 0. The largest absolute Gasteiger partial charge is 1.00 e. The van der Waals surface area contributed by atoms with Crippen LogP contribution in [0.2, 0.25) is 0 Å². The van der Waals surface area contributed by atoms with E-state index in [-0.39, 0.29) is 42.1 Å². The molecule has 0 bridgehead atoms. The predicted molar refractivity (Wildman–Crippen MR) is 197 cm³/mol. The molecule has 0 atom stereocenters. The molecule has 4 nitrogen and oxygen atoms in total. The Kier molecular flexibility index (Phi) is 42.9. The second-order valence-corrected chi connectivity index (χ2v) is 15.5. The molecule has 0 amide bonds. The minimum atomic E-state index is -4.59. The summed E-state index contributed by atoms with van der Waals surface area (Å²) < 4.78 is 37.7. The van der Waals surface area contributed by atoms with Crippen molar-refractivity contribution in [2.24, 2.45) is 5.92 Å². The van der Waals surface area contributed by atoms with Gasteiger partial charge in [0.2, 0.25) is 10.4 Å². The van der Waals surface area contributed by atoms with Crippen molar-refractivity contribution >= 4 is 10.4 Å². The second-order valence-electron chi connectivity index (χ2n) is 14.4. The molecule has 0 heterocycles. The van der Waals surface area contributed by atoms with E-state index < -0.39 is 10.4 Å². The van der Waals surface area contributed by atoms with E-state index in [2.05, 4.69) is 18.0 Å². The molecule has 0 saturated heterocycles. The van der Waals surface area contributed by atoms with Gasteiger partial charge in [-0.2, -0.15) is 0 Å². The molecule has 0 fully saturated rings. The van der Waals surface area contributed by atoms with Gasteiger partial charge in [0.05, 0.1) is 6.61 Å². The topological polar surface area (TPSA) is 66.4 Å². The zero-order valence-corrected chi connectivity index (χ0v) is 34.6. The molecule has 0 N–H and O–H groups in total. The van der Waals surface area contributed by atoms with Crippen LogP contribution in [0.5, 0.6) is 0 Å².